The van der Waals surface area contributed by atoms with Gasteiger partial charge in [-0.25, -0.2) is 4.39 Å². The quantitative estimate of drug-likeness (QED) is 0.803. The van der Waals surface area contributed by atoms with Crippen molar-refractivity contribution in [3.63, 3.8) is 0 Å². The Balaban J connectivity index is 2.53. The smallest absolute Gasteiger partial charge is 0.382 e. The third kappa shape index (κ3) is 4.27. The highest BCUT2D eigenvalue weighted by Crippen LogP contribution is 2.20. The van der Waals surface area contributed by atoms with E-state index >= 15 is 0 Å². The van der Waals surface area contributed by atoms with E-state index in [-0.39, 0.29) is 0 Å². The number of halogens is 4. The van der Waals surface area contributed by atoms with E-state index in [1.54, 1.807) is 6.92 Å². The van der Waals surface area contributed by atoms with Crippen LogP contribution >= 0.6 is 0 Å². The average molecular weight is 252 g/mol. The van der Waals surface area contributed by atoms with Crippen molar-refractivity contribution in [1.29, 1.82) is 0 Å². The van der Waals surface area contributed by atoms with Crippen LogP contribution in [0, 0.1) is 5.82 Å². The molecule has 0 saturated heterocycles. The maximum atomic E-state index is 12.8. The summed E-state index contributed by atoms with van der Waals surface area (Å²) in [6, 6.07) is 0.639. The summed E-state index contributed by atoms with van der Waals surface area (Å²) in [5.41, 5.74) is 0.416. The van der Waals surface area contributed by atoms with Crippen LogP contribution in [-0.4, -0.2) is 28.9 Å². The fraction of sp³-hybridized carbons (Fsp3) is 0.500. The normalized spacial score (nSPS) is 15.6. The van der Waals surface area contributed by atoms with Gasteiger partial charge < -0.3 is 10.4 Å². The van der Waals surface area contributed by atoms with Crippen molar-refractivity contribution in [3.05, 3.63) is 29.8 Å². The van der Waals surface area contributed by atoms with Gasteiger partial charge in [0.1, 0.15) is 5.82 Å². The molecule has 0 bridgehead atoms. The molecular formula is C10H12F4N2O. The first-order chi connectivity index (χ1) is 7.80. The molecule has 0 saturated carbocycles. The second-order valence-corrected chi connectivity index (χ2v) is 3.62. The zero-order chi connectivity index (χ0) is 13.1. The van der Waals surface area contributed by atoms with E-state index in [4.69, 9.17) is 5.11 Å². The molecule has 0 aliphatic heterocycles. The minimum atomic E-state index is -4.66. The van der Waals surface area contributed by atoms with E-state index in [1.807, 2.05) is 0 Å². The molecule has 3 nitrogen and oxygen atoms in total. The molecule has 0 radical (unpaired) electrons. The molecule has 1 rings (SSSR count). The van der Waals surface area contributed by atoms with Gasteiger partial charge in [0.05, 0.1) is 6.20 Å². The molecule has 1 aromatic rings. The Morgan fingerprint density at radius 1 is 1.41 bits per heavy atom. The van der Waals surface area contributed by atoms with Crippen molar-refractivity contribution in [3.8, 4) is 0 Å². The molecule has 0 aliphatic rings. The molecule has 2 unspecified atom stereocenters. The van der Waals surface area contributed by atoms with E-state index in [2.05, 4.69) is 10.3 Å². The Kier molecular flexibility index (Phi) is 4.41. The van der Waals surface area contributed by atoms with E-state index in [1.165, 1.54) is 12.3 Å². The molecule has 2 N–H and O–H groups in total. The Morgan fingerprint density at radius 2 is 2.06 bits per heavy atom. The van der Waals surface area contributed by atoms with E-state index < -0.39 is 30.7 Å². The Bertz CT molecular complexity index is 370. The number of pyridine rings is 1. The lowest BCUT2D eigenvalue weighted by Gasteiger charge is -2.19. The molecule has 1 heterocycles. The van der Waals surface area contributed by atoms with Crippen LogP contribution in [-0.2, 0) is 0 Å². The van der Waals surface area contributed by atoms with Crippen LogP contribution in [0.1, 0.15) is 18.5 Å². The first-order valence-electron chi connectivity index (χ1n) is 4.89. The fourth-order valence-corrected chi connectivity index (χ4v) is 1.19. The molecule has 0 aromatic carbocycles. The maximum absolute atomic E-state index is 12.8. The lowest BCUT2D eigenvalue weighted by Crippen LogP contribution is -2.39. The molecule has 96 valence electrons. The standard InChI is InChI=1S/C10H12F4N2O/c1-6(7-2-8(11)4-15-3-7)16-5-9(17)10(12,13)14/h2-4,6,9,16-17H,5H2,1H3. The van der Waals surface area contributed by atoms with E-state index in [0.29, 0.717) is 5.56 Å². The fourth-order valence-electron chi connectivity index (χ4n) is 1.19. The van der Waals surface area contributed by atoms with Crippen LogP contribution in [0.25, 0.3) is 0 Å². The Hall–Kier alpha value is -1.21. The van der Waals surface area contributed by atoms with Crippen molar-refractivity contribution >= 4 is 0 Å². The van der Waals surface area contributed by atoms with Gasteiger partial charge in [0, 0.05) is 18.8 Å². The van der Waals surface area contributed by atoms with Crippen LogP contribution < -0.4 is 5.32 Å². The molecule has 2 atom stereocenters. The minimum absolute atomic E-state index is 0.416. The van der Waals surface area contributed by atoms with Gasteiger partial charge in [-0.05, 0) is 18.6 Å². The minimum Gasteiger partial charge on any atom is -0.382 e. The Labute approximate surface area is 95.5 Å². The summed E-state index contributed by atoms with van der Waals surface area (Å²) in [6.45, 7) is 0.903. The number of rotatable bonds is 4. The molecule has 7 heteroatoms. The zero-order valence-corrected chi connectivity index (χ0v) is 9.00. The highest BCUT2D eigenvalue weighted by Gasteiger charge is 2.37. The summed E-state index contributed by atoms with van der Waals surface area (Å²) in [5.74, 6) is -0.562. The van der Waals surface area contributed by atoms with Gasteiger partial charge >= 0.3 is 6.18 Å². The summed E-state index contributed by atoms with van der Waals surface area (Å²) >= 11 is 0. The third-order valence-corrected chi connectivity index (χ3v) is 2.22. The first-order valence-corrected chi connectivity index (χ1v) is 4.89. The third-order valence-electron chi connectivity index (χ3n) is 2.22. The average Bonchev–Trinajstić information content (AvgIpc) is 2.24. The maximum Gasteiger partial charge on any atom is 0.415 e. The lowest BCUT2D eigenvalue weighted by atomic mass is 10.1. The summed E-state index contributed by atoms with van der Waals surface area (Å²) in [5, 5.41) is 11.2. The van der Waals surface area contributed by atoms with Crippen molar-refractivity contribution in [2.45, 2.75) is 25.2 Å². The van der Waals surface area contributed by atoms with Gasteiger partial charge in [0.25, 0.3) is 0 Å². The van der Waals surface area contributed by atoms with E-state index in [9.17, 15) is 17.6 Å². The van der Waals surface area contributed by atoms with Gasteiger partial charge in [0.15, 0.2) is 6.10 Å². The summed E-state index contributed by atoms with van der Waals surface area (Å²) in [4.78, 5) is 3.58. The predicted octanol–water partition coefficient (Wildman–Crippen LogP) is 1.79. The molecule has 0 amide bonds. The second-order valence-electron chi connectivity index (χ2n) is 3.62. The SMILES string of the molecule is CC(NCC(O)C(F)(F)F)c1cncc(F)c1. The van der Waals surface area contributed by atoms with Gasteiger partial charge in [-0.3, -0.25) is 4.98 Å². The van der Waals surface area contributed by atoms with Gasteiger partial charge in [-0.1, -0.05) is 0 Å². The number of aliphatic hydroxyl groups excluding tert-OH is 1. The molecule has 1 aromatic heterocycles. The lowest BCUT2D eigenvalue weighted by molar-refractivity contribution is -0.202. The Morgan fingerprint density at radius 3 is 2.59 bits per heavy atom. The highest BCUT2D eigenvalue weighted by molar-refractivity contribution is 5.14. The predicted molar refractivity (Wildman–Crippen MR) is 52.7 cm³/mol. The monoisotopic (exact) mass is 252 g/mol. The molecule has 0 aliphatic carbocycles. The zero-order valence-electron chi connectivity index (χ0n) is 9.00. The van der Waals surface area contributed by atoms with E-state index in [0.717, 1.165) is 6.20 Å². The molecule has 17 heavy (non-hydrogen) atoms. The van der Waals surface area contributed by atoms with Crippen molar-refractivity contribution in [2.75, 3.05) is 6.54 Å². The number of nitrogens with one attached hydrogen (secondary N) is 1. The first kappa shape index (κ1) is 13.9. The summed E-state index contributed by atoms with van der Waals surface area (Å²) in [6.07, 6.45) is -4.75. The molecular weight excluding hydrogens is 240 g/mol. The highest BCUT2D eigenvalue weighted by atomic mass is 19.4. The van der Waals surface area contributed by atoms with Crippen LogP contribution in [0.3, 0.4) is 0 Å². The number of hydrogen-bond donors (Lipinski definition) is 2. The largest absolute Gasteiger partial charge is 0.415 e. The van der Waals surface area contributed by atoms with Gasteiger partial charge in [0.2, 0.25) is 0 Å². The van der Waals surface area contributed by atoms with Crippen molar-refractivity contribution < 1.29 is 22.7 Å². The molecule has 0 spiro atoms. The number of alkyl halides is 3. The van der Waals surface area contributed by atoms with Crippen molar-refractivity contribution in [1.82, 2.24) is 10.3 Å². The molecule has 0 fully saturated rings. The van der Waals surface area contributed by atoms with Crippen LogP contribution in [0.15, 0.2) is 18.5 Å². The second kappa shape index (κ2) is 5.42. The van der Waals surface area contributed by atoms with Crippen LogP contribution in [0.2, 0.25) is 0 Å². The summed E-state index contributed by atoms with van der Waals surface area (Å²) < 4.78 is 48.8. The van der Waals surface area contributed by atoms with Gasteiger partial charge in [-0.15, -0.1) is 0 Å². The number of aromatic nitrogens is 1. The number of nitrogens with zero attached hydrogens (tertiary/aromatic N) is 1. The topological polar surface area (TPSA) is 45.1 Å². The van der Waals surface area contributed by atoms with Gasteiger partial charge in [-0.2, -0.15) is 13.2 Å². The summed E-state index contributed by atoms with van der Waals surface area (Å²) in [7, 11) is 0. The van der Waals surface area contributed by atoms with Crippen molar-refractivity contribution in [2.24, 2.45) is 0 Å². The number of hydrogen-bond acceptors (Lipinski definition) is 3. The van der Waals surface area contributed by atoms with Crippen LogP contribution in [0.4, 0.5) is 17.6 Å². The van der Waals surface area contributed by atoms with Crippen LogP contribution in [0.5, 0.6) is 0 Å². The number of aliphatic hydroxyl groups is 1.